The zero-order valence-corrected chi connectivity index (χ0v) is 11.0. The van der Waals surface area contributed by atoms with Crippen LogP contribution in [0, 0.1) is 11.6 Å². The number of aromatic carboxylic acids is 1. The van der Waals surface area contributed by atoms with E-state index in [1.54, 1.807) is 11.8 Å². The van der Waals surface area contributed by atoms with E-state index in [-0.39, 0.29) is 12.3 Å². The highest BCUT2D eigenvalue weighted by Crippen LogP contribution is 2.21. The van der Waals surface area contributed by atoms with E-state index < -0.39 is 23.2 Å². The Morgan fingerprint density at radius 2 is 1.89 bits per heavy atom. The summed E-state index contributed by atoms with van der Waals surface area (Å²) in [5.74, 6) is -1.79. The first-order chi connectivity index (χ1) is 9.06. The van der Waals surface area contributed by atoms with Gasteiger partial charge in [-0.2, -0.15) is 11.8 Å². The highest BCUT2D eigenvalue weighted by Gasteiger charge is 2.14. The van der Waals surface area contributed by atoms with Crippen molar-refractivity contribution in [2.45, 2.75) is 6.42 Å². The highest BCUT2D eigenvalue weighted by atomic mass is 32.2. The fourth-order valence-electron chi connectivity index (χ4n) is 1.38. The first kappa shape index (κ1) is 15.7. The average molecular weight is 291 g/mol. The third-order valence-electron chi connectivity index (χ3n) is 2.28. The molecule has 0 aliphatic heterocycles. The van der Waals surface area contributed by atoms with Gasteiger partial charge in [-0.1, -0.05) is 0 Å². The molecule has 0 atom stereocenters. The lowest BCUT2D eigenvalue weighted by Crippen LogP contribution is -2.09. The predicted molar refractivity (Wildman–Crippen MR) is 70.8 cm³/mol. The van der Waals surface area contributed by atoms with Crippen LogP contribution in [0.1, 0.15) is 16.8 Å². The van der Waals surface area contributed by atoms with Crippen molar-refractivity contribution in [2.24, 2.45) is 0 Å². The lowest BCUT2D eigenvalue weighted by molar-refractivity contribution is 0.0696. The molecule has 0 spiro atoms. The maximum Gasteiger partial charge on any atom is 0.335 e. The molecule has 0 heterocycles. The summed E-state index contributed by atoms with van der Waals surface area (Å²) >= 11 is 1.56. The fourth-order valence-corrected chi connectivity index (χ4v) is 2.17. The molecule has 0 amide bonds. The van der Waals surface area contributed by atoms with Gasteiger partial charge in [0.2, 0.25) is 0 Å². The van der Waals surface area contributed by atoms with E-state index in [4.69, 9.17) is 10.2 Å². The van der Waals surface area contributed by atoms with Crippen molar-refractivity contribution in [2.75, 3.05) is 30.0 Å². The monoisotopic (exact) mass is 291 g/mol. The first-order valence-electron chi connectivity index (χ1n) is 5.71. The smallest absolute Gasteiger partial charge is 0.335 e. The van der Waals surface area contributed by atoms with Gasteiger partial charge in [0.25, 0.3) is 0 Å². The van der Waals surface area contributed by atoms with Crippen LogP contribution in [-0.4, -0.2) is 40.8 Å². The quantitative estimate of drug-likeness (QED) is 0.641. The standard InChI is InChI=1S/C12H15F2NO3S/c13-9-6-8(12(17)18)7-10(14)11(9)15-2-5-19-4-1-3-16/h6-7,15-16H,1-5H2,(H,17,18). The second-order valence-corrected chi connectivity index (χ2v) is 4.96. The van der Waals surface area contributed by atoms with Crippen LogP contribution in [0.3, 0.4) is 0 Å². The number of halogens is 2. The van der Waals surface area contributed by atoms with Crippen LogP contribution in [0.15, 0.2) is 12.1 Å². The first-order valence-corrected chi connectivity index (χ1v) is 6.86. The van der Waals surface area contributed by atoms with Crippen LogP contribution in [0.5, 0.6) is 0 Å². The maximum atomic E-state index is 13.5. The largest absolute Gasteiger partial charge is 0.478 e. The average Bonchev–Trinajstić information content (AvgIpc) is 2.35. The van der Waals surface area contributed by atoms with E-state index in [0.29, 0.717) is 18.7 Å². The van der Waals surface area contributed by atoms with Crippen LogP contribution < -0.4 is 5.32 Å². The molecule has 7 heteroatoms. The van der Waals surface area contributed by atoms with Crippen molar-refractivity contribution >= 4 is 23.4 Å². The Kier molecular flexibility index (Phi) is 6.58. The van der Waals surface area contributed by atoms with Crippen LogP contribution in [0.4, 0.5) is 14.5 Å². The van der Waals surface area contributed by atoms with E-state index in [1.165, 1.54) is 0 Å². The highest BCUT2D eigenvalue weighted by molar-refractivity contribution is 7.99. The number of aliphatic hydroxyl groups excluding tert-OH is 1. The fraction of sp³-hybridized carbons (Fsp3) is 0.417. The minimum absolute atomic E-state index is 0.125. The third kappa shape index (κ3) is 5.04. The van der Waals surface area contributed by atoms with Gasteiger partial charge in [0, 0.05) is 18.9 Å². The molecule has 0 saturated heterocycles. The molecule has 1 aromatic rings. The number of nitrogens with one attached hydrogen (secondary N) is 1. The van der Waals surface area contributed by atoms with Crippen molar-refractivity contribution in [1.82, 2.24) is 0 Å². The Hall–Kier alpha value is -1.34. The normalized spacial score (nSPS) is 10.5. The summed E-state index contributed by atoms with van der Waals surface area (Å²) in [4.78, 5) is 10.6. The lowest BCUT2D eigenvalue weighted by atomic mass is 10.2. The van der Waals surface area contributed by atoms with E-state index in [2.05, 4.69) is 5.32 Å². The van der Waals surface area contributed by atoms with Crippen molar-refractivity contribution in [3.63, 3.8) is 0 Å². The number of thioether (sulfide) groups is 1. The second-order valence-electron chi connectivity index (χ2n) is 3.74. The Morgan fingerprint density at radius 1 is 1.26 bits per heavy atom. The summed E-state index contributed by atoms with van der Waals surface area (Å²) in [6.45, 7) is 0.483. The van der Waals surface area contributed by atoms with Crippen LogP contribution in [0.25, 0.3) is 0 Å². The number of carboxylic acid groups (broad SMARTS) is 1. The number of rotatable bonds is 8. The van der Waals surface area contributed by atoms with Gasteiger partial charge in [0.1, 0.15) is 17.3 Å². The van der Waals surface area contributed by atoms with Gasteiger partial charge in [0.05, 0.1) is 5.56 Å². The Balaban J connectivity index is 2.52. The molecule has 4 nitrogen and oxygen atoms in total. The number of hydrogen-bond donors (Lipinski definition) is 3. The van der Waals surface area contributed by atoms with Crippen molar-refractivity contribution in [3.8, 4) is 0 Å². The number of carbonyl (C=O) groups is 1. The van der Waals surface area contributed by atoms with E-state index >= 15 is 0 Å². The number of carboxylic acids is 1. The Bertz CT molecular complexity index is 420. The zero-order chi connectivity index (χ0) is 14.3. The molecular weight excluding hydrogens is 276 g/mol. The molecule has 0 aliphatic carbocycles. The number of anilines is 1. The summed E-state index contributed by atoms with van der Waals surface area (Å²) in [6.07, 6.45) is 0.681. The van der Waals surface area contributed by atoms with Gasteiger partial charge in [-0.15, -0.1) is 0 Å². The van der Waals surface area contributed by atoms with Gasteiger partial charge in [-0.3, -0.25) is 0 Å². The van der Waals surface area contributed by atoms with Crippen molar-refractivity contribution in [1.29, 1.82) is 0 Å². The van der Waals surface area contributed by atoms with Gasteiger partial charge in [-0.05, 0) is 24.3 Å². The summed E-state index contributed by atoms with van der Waals surface area (Å²) in [6, 6.07) is 1.57. The molecule has 3 N–H and O–H groups in total. The summed E-state index contributed by atoms with van der Waals surface area (Å²) in [5.41, 5.74) is -0.731. The molecule has 1 aromatic carbocycles. The zero-order valence-electron chi connectivity index (χ0n) is 10.2. The molecule has 0 fully saturated rings. The molecule has 0 saturated carbocycles. The topological polar surface area (TPSA) is 69.6 Å². The van der Waals surface area contributed by atoms with Crippen molar-refractivity contribution < 1.29 is 23.8 Å². The number of aliphatic hydroxyl groups is 1. The van der Waals surface area contributed by atoms with Crippen LogP contribution in [0.2, 0.25) is 0 Å². The Labute approximate surface area is 113 Å². The van der Waals surface area contributed by atoms with Gasteiger partial charge in [0.15, 0.2) is 0 Å². The molecule has 1 rings (SSSR count). The number of benzene rings is 1. The lowest BCUT2D eigenvalue weighted by Gasteiger charge is -2.09. The Morgan fingerprint density at radius 3 is 2.42 bits per heavy atom. The molecular formula is C12H15F2NO3S. The third-order valence-corrected chi connectivity index (χ3v) is 3.35. The predicted octanol–water partition coefficient (Wildman–Crippen LogP) is 2.19. The minimum atomic E-state index is -1.37. The molecule has 19 heavy (non-hydrogen) atoms. The van der Waals surface area contributed by atoms with Gasteiger partial charge >= 0.3 is 5.97 Å². The molecule has 0 bridgehead atoms. The second kappa shape index (κ2) is 7.96. The molecule has 106 valence electrons. The van der Waals surface area contributed by atoms with Crippen LogP contribution in [-0.2, 0) is 0 Å². The molecule has 0 unspecified atom stereocenters. The summed E-state index contributed by atoms with van der Waals surface area (Å²) < 4.78 is 27.0. The van der Waals surface area contributed by atoms with Crippen LogP contribution >= 0.6 is 11.8 Å². The van der Waals surface area contributed by atoms with E-state index in [0.717, 1.165) is 17.9 Å². The maximum absolute atomic E-state index is 13.5. The molecule has 0 radical (unpaired) electrons. The summed E-state index contributed by atoms with van der Waals surface area (Å²) in [5, 5.41) is 19.8. The molecule has 0 aliphatic rings. The SMILES string of the molecule is O=C(O)c1cc(F)c(NCCSCCCO)c(F)c1. The van der Waals surface area contributed by atoms with E-state index in [9.17, 15) is 13.6 Å². The van der Waals surface area contributed by atoms with Gasteiger partial charge in [-0.25, -0.2) is 13.6 Å². The molecule has 0 aromatic heterocycles. The number of hydrogen-bond acceptors (Lipinski definition) is 4. The summed E-state index contributed by atoms with van der Waals surface area (Å²) in [7, 11) is 0. The van der Waals surface area contributed by atoms with Gasteiger partial charge < -0.3 is 15.5 Å². The van der Waals surface area contributed by atoms with E-state index in [1.807, 2.05) is 0 Å². The van der Waals surface area contributed by atoms with Crippen molar-refractivity contribution in [3.05, 3.63) is 29.3 Å². The minimum Gasteiger partial charge on any atom is -0.478 e.